The topological polar surface area (TPSA) is 38.8 Å². The molecule has 1 heterocycles. The summed E-state index contributed by atoms with van der Waals surface area (Å²) in [6.45, 7) is 0.839. The first-order valence-corrected chi connectivity index (χ1v) is 8.17. The average Bonchev–Trinajstić information content (AvgIpc) is 2.99. The van der Waals surface area contributed by atoms with Crippen LogP contribution in [0.2, 0.25) is 5.02 Å². The van der Waals surface area contributed by atoms with E-state index in [9.17, 15) is 18.0 Å². The van der Waals surface area contributed by atoms with Crippen LogP contribution in [0.4, 0.5) is 13.2 Å². The lowest BCUT2D eigenvalue weighted by Gasteiger charge is -2.18. The molecule has 0 N–H and O–H groups in total. The fraction of sp³-hybridized carbons (Fsp3) is 0.278. The summed E-state index contributed by atoms with van der Waals surface area (Å²) < 4.78 is 46.2. The summed E-state index contributed by atoms with van der Waals surface area (Å²) in [5, 5.41) is 0.608. The van der Waals surface area contributed by atoms with Crippen molar-refractivity contribution in [1.29, 1.82) is 0 Å². The summed E-state index contributed by atoms with van der Waals surface area (Å²) in [4.78, 5) is 13.1. The largest absolute Gasteiger partial charge is 0.573 e. The van der Waals surface area contributed by atoms with Gasteiger partial charge in [0.25, 0.3) is 0 Å². The Balaban J connectivity index is 1.66. The predicted molar refractivity (Wildman–Crippen MR) is 88.7 cm³/mol. The Morgan fingerprint density at radius 2 is 1.81 bits per heavy atom. The first kappa shape index (κ1) is 18.7. The number of carbonyl (C=O) groups excluding carboxylic acids is 1. The van der Waals surface area contributed by atoms with Crippen molar-refractivity contribution in [3.05, 3.63) is 64.7 Å². The molecule has 0 amide bonds. The molecule has 2 atom stereocenters. The summed E-state index contributed by atoms with van der Waals surface area (Å²) >= 11 is 5.88. The van der Waals surface area contributed by atoms with Crippen molar-refractivity contribution in [3.63, 3.8) is 0 Å². The maximum Gasteiger partial charge on any atom is 0.573 e. The molecule has 1 fully saturated rings. The smallest absolute Gasteiger partial charge is 0.406 e. The molecule has 2 aromatic carbocycles. The van der Waals surface area contributed by atoms with Gasteiger partial charge < -0.3 is 9.47 Å². The number of carbonyl (C=O) groups is 1. The second-order valence-corrected chi connectivity index (χ2v) is 6.26. The molecule has 8 heteroatoms. The predicted octanol–water partition coefficient (Wildman–Crippen LogP) is 4.34. The van der Waals surface area contributed by atoms with Crippen LogP contribution in [-0.4, -0.2) is 30.3 Å². The third-order valence-corrected chi connectivity index (χ3v) is 4.22. The van der Waals surface area contributed by atoms with Crippen LogP contribution in [-0.2, 0) is 16.1 Å². The van der Waals surface area contributed by atoms with Gasteiger partial charge in [0.05, 0.1) is 6.10 Å². The van der Waals surface area contributed by atoms with Crippen LogP contribution in [0.5, 0.6) is 5.75 Å². The molecule has 2 aromatic rings. The van der Waals surface area contributed by atoms with Gasteiger partial charge >= 0.3 is 6.36 Å². The normalized spacial score (nSPS) is 20.9. The van der Waals surface area contributed by atoms with E-state index in [4.69, 9.17) is 16.3 Å². The maximum atomic E-state index is 12.2. The lowest BCUT2D eigenvalue weighted by atomic mass is 10.1. The van der Waals surface area contributed by atoms with E-state index in [1.807, 2.05) is 17.0 Å². The van der Waals surface area contributed by atoms with E-state index in [2.05, 4.69) is 4.74 Å². The fourth-order valence-corrected chi connectivity index (χ4v) is 2.91. The van der Waals surface area contributed by atoms with Gasteiger partial charge in [0.2, 0.25) is 0 Å². The Bertz CT molecular complexity index is 750. The van der Waals surface area contributed by atoms with Crippen LogP contribution < -0.4 is 4.74 Å². The lowest BCUT2D eigenvalue weighted by Crippen LogP contribution is -2.30. The monoisotopic (exact) mass is 385 g/mol. The van der Waals surface area contributed by atoms with Crippen molar-refractivity contribution in [2.45, 2.75) is 25.2 Å². The van der Waals surface area contributed by atoms with Crippen molar-refractivity contribution in [2.75, 3.05) is 6.54 Å². The number of hydrogen-bond donors (Lipinski definition) is 0. The van der Waals surface area contributed by atoms with Gasteiger partial charge in [-0.05, 0) is 35.4 Å². The molecule has 0 aliphatic carbocycles. The Labute approximate surface area is 153 Å². The number of benzene rings is 2. The van der Waals surface area contributed by atoms with Gasteiger partial charge in [-0.15, -0.1) is 13.2 Å². The Kier molecular flexibility index (Phi) is 5.50. The van der Waals surface area contributed by atoms with Gasteiger partial charge in [0, 0.05) is 18.1 Å². The van der Waals surface area contributed by atoms with Gasteiger partial charge in [0.15, 0.2) is 12.5 Å². The summed E-state index contributed by atoms with van der Waals surface area (Å²) in [5.74, 6) is -0.287. The number of alkyl halides is 3. The van der Waals surface area contributed by atoms with Gasteiger partial charge in [-0.3, -0.25) is 9.69 Å². The van der Waals surface area contributed by atoms with Crippen molar-refractivity contribution in [3.8, 4) is 5.75 Å². The number of rotatable bonds is 5. The molecule has 3 rings (SSSR count). The molecule has 0 saturated carbocycles. The first-order chi connectivity index (χ1) is 12.3. The Morgan fingerprint density at radius 3 is 2.38 bits per heavy atom. The van der Waals surface area contributed by atoms with Crippen molar-refractivity contribution in [2.24, 2.45) is 0 Å². The summed E-state index contributed by atoms with van der Waals surface area (Å²) in [6.07, 6.45) is -5.02. The quantitative estimate of drug-likeness (QED) is 0.718. The fourth-order valence-electron chi connectivity index (χ4n) is 2.78. The molecule has 0 bridgehead atoms. The molecule has 1 aliphatic heterocycles. The third kappa shape index (κ3) is 4.75. The molecule has 1 saturated heterocycles. The second kappa shape index (κ2) is 7.65. The lowest BCUT2D eigenvalue weighted by molar-refractivity contribution is -0.274. The highest BCUT2D eigenvalue weighted by Crippen LogP contribution is 2.30. The SMILES string of the molecule is O=CC1OC(c2ccc(Cl)cc2)CN1Cc1ccc(OC(F)(F)F)cc1. The van der Waals surface area contributed by atoms with Crippen LogP contribution in [0.25, 0.3) is 0 Å². The van der Waals surface area contributed by atoms with E-state index in [0.717, 1.165) is 11.1 Å². The van der Waals surface area contributed by atoms with Crippen LogP contribution in [0.1, 0.15) is 17.2 Å². The molecular weight excluding hydrogens is 371 g/mol. The van der Waals surface area contributed by atoms with Gasteiger partial charge in [-0.2, -0.15) is 0 Å². The zero-order chi connectivity index (χ0) is 18.7. The van der Waals surface area contributed by atoms with Crippen molar-refractivity contribution in [1.82, 2.24) is 4.90 Å². The van der Waals surface area contributed by atoms with Crippen LogP contribution >= 0.6 is 11.6 Å². The zero-order valence-electron chi connectivity index (χ0n) is 13.4. The van der Waals surface area contributed by atoms with Gasteiger partial charge in [-0.25, -0.2) is 0 Å². The molecule has 138 valence electrons. The average molecular weight is 386 g/mol. The number of aldehydes is 1. The number of halogens is 4. The minimum Gasteiger partial charge on any atom is -0.406 e. The van der Waals surface area contributed by atoms with Crippen LogP contribution in [0.15, 0.2) is 48.5 Å². The highest BCUT2D eigenvalue weighted by atomic mass is 35.5. The molecule has 0 radical (unpaired) electrons. The molecule has 0 aromatic heterocycles. The third-order valence-electron chi connectivity index (χ3n) is 3.96. The van der Waals surface area contributed by atoms with E-state index < -0.39 is 12.6 Å². The molecule has 0 spiro atoms. The molecule has 1 aliphatic rings. The van der Waals surface area contributed by atoms with E-state index in [-0.39, 0.29) is 11.9 Å². The van der Waals surface area contributed by atoms with Crippen molar-refractivity contribution >= 4 is 17.9 Å². The maximum absolute atomic E-state index is 12.2. The summed E-state index contributed by atoms with van der Waals surface area (Å²) in [5.41, 5.74) is 1.64. The number of ether oxygens (including phenoxy) is 2. The van der Waals surface area contributed by atoms with Crippen LogP contribution in [0.3, 0.4) is 0 Å². The molecule has 26 heavy (non-hydrogen) atoms. The highest BCUT2D eigenvalue weighted by Gasteiger charge is 2.34. The zero-order valence-corrected chi connectivity index (χ0v) is 14.2. The second-order valence-electron chi connectivity index (χ2n) is 5.82. The minimum atomic E-state index is -4.72. The standard InChI is InChI=1S/C18H15ClF3NO3/c19-14-5-3-13(4-6-14)16-10-23(17(11-24)25-16)9-12-1-7-15(8-2-12)26-18(20,21)22/h1-8,11,16-17H,9-10H2. The van der Waals surface area contributed by atoms with Crippen molar-refractivity contribution < 1.29 is 27.4 Å². The van der Waals surface area contributed by atoms with E-state index in [0.29, 0.717) is 24.4 Å². The number of hydrogen-bond acceptors (Lipinski definition) is 4. The highest BCUT2D eigenvalue weighted by molar-refractivity contribution is 6.30. The number of nitrogens with zero attached hydrogens (tertiary/aromatic N) is 1. The summed E-state index contributed by atoms with van der Waals surface area (Å²) in [6, 6.07) is 12.7. The minimum absolute atomic E-state index is 0.282. The summed E-state index contributed by atoms with van der Waals surface area (Å²) in [7, 11) is 0. The Hall–Kier alpha value is -2.09. The van der Waals surface area contributed by atoms with E-state index in [1.165, 1.54) is 24.3 Å². The first-order valence-electron chi connectivity index (χ1n) is 7.79. The van der Waals surface area contributed by atoms with Crippen LogP contribution in [0, 0.1) is 0 Å². The Morgan fingerprint density at radius 1 is 1.15 bits per heavy atom. The van der Waals surface area contributed by atoms with E-state index >= 15 is 0 Å². The molecular formula is C18H15ClF3NO3. The van der Waals surface area contributed by atoms with Gasteiger partial charge in [-0.1, -0.05) is 35.9 Å². The molecule has 2 unspecified atom stereocenters. The van der Waals surface area contributed by atoms with Gasteiger partial charge in [0.1, 0.15) is 5.75 Å². The molecule has 4 nitrogen and oxygen atoms in total. The van der Waals surface area contributed by atoms with E-state index in [1.54, 1.807) is 12.1 Å².